The van der Waals surface area contributed by atoms with Gasteiger partial charge in [-0.25, -0.2) is 0 Å². The van der Waals surface area contributed by atoms with E-state index in [4.69, 9.17) is 4.42 Å². The number of fused-ring (bicyclic) bond motifs is 7. The summed E-state index contributed by atoms with van der Waals surface area (Å²) in [5.74, 6) is 1.00. The van der Waals surface area contributed by atoms with Crippen molar-refractivity contribution < 1.29 is 4.42 Å². The normalized spacial score (nSPS) is 13.2. The van der Waals surface area contributed by atoms with Gasteiger partial charge in [0, 0.05) is 21.9 Å². The third-order valence-electron chi connectivity index (χ3n) is 12.6. The number of rotatable bonds is 7. The van der Waals surface area contributed by atoms with Gasteiger partial charge in [-0.3, -0.25) is 0 Å². The van der Waals surface area contributed by atoms with Crippen molar-refractivity contribution in [1.29, 1.82) is 0 Å². The second-order valence-electron chi connectivity index (χ2n) is 16.4. The number of aryl methyl sites for hydroxylation is 1. The fourth-order valence-corrected chi connectivity index (χ4v) is 9.83. The first-order valence-corrected chi connectivity index (χ1v) is 20.7. The molecule has 0 atom stereocenters. The van der Waals surface area contributed by atoms with Crippen molar-refractivity contribution in [3.63, 3.8) is 0 Å². The molecular weight excluding hydrogens is 713 g/mol. The maximum absolute atomic E-state index is 6.55. The lowest BCUT2D eigenvalue weighted by atomic mass is 9.79. The van der Waals surface area contributed by atoms with Crippen LogP contribution in [0.5, 0.6) is 0 Å². The van der Waals surface area contributed by atoms with Gasteiger partial charge in [0.1, 0.15) is 11.3 Å². The number of benzene rings is 8. The molecule has 0 aliphatic heterocycles. The largest absolute Gasteiger partial charge is 0.456 e. The summed E-state index contributed by atoms with van der Waals surface area (Å²) in [5.41, 5.74) is 18.9. The van der Waals surface area contributed by atoms with Crippen molar-refractivity contribution in [2.24, 2.45) is 0 Å². The van der Waals surface area contributed by atoms with Crippen molar-refractivity contribution in [2.45, 2.75) is 40.0 Å². The summed E-state index contributed by atoms with van der Waals surface area (Å²) >= 11 is 0. The molecule has 0 N–H and O–H groups in total. The first-order chi connectivity index (χ1) is 28.8. The Balaban J connectivity index is 1.24. The highest BCUT2D eigenvalue weighted by Gasteiger charge is 2.40. The van der Waals surface area contributed by atoms with Gasteiger partial charge in [-0.15, -0.1) is 0 Å². The Morgan fingerprint density at radius 3 is 1.80 bits per heavy atom. The molecule has 0 saturated carbocycles. The predicted molar refractivity (Wildman–Crippen MR) is 255 cm³/mol. The van der Waals surface area contributed by atoms with Gasteiger partial charge in [-0.1, -0.05) is 160 Å². The summed E-state index contributed by atoms with van der Waals surface area (Å²) < 4.78 is 6.55. The molecule has 0 radical (unpaired) electrons. The Labute approximate surface area is 347 Å². The summed E-state index contributed by atoms with van der Waals surface area (Å²) in [6, 6.07) is 54.0. The molecule has 0 fully saturated rings. The van der Waals surface area contributed by atoms with Crippen molar-refractivity contribution in [1.82, 2.24) is 0 Å². The van der Waals surface area contributed by atoms with Gasteiger partial charge < -0.3 is 4.42 Å². The molecule has 1 heteroatoms. The highest BCUT2D eigenvalue weighted by atomic mass is 16.3. The fraction of sp³-hybridized carbons (Fsp3) is 0.103. The summed E-state index contributed by atoms with van der Waals surface area (Å²) in [7, 11) is 0. The molecular formula is C58H46O. The topological polar surface area (TPSA) is 13.1 Å². The molecule has 8 aromatic carbocycles. The van der Waals surface area contributed by atoms with Gasteiger partial charge in [0.25, 0.3) is 0 Å². The van der Waals surface area contributed by atoms with E-state index in [0.717, 1.165) is 28.0 Å². The van der Waals surface area contributed by atoms with E-state index in [2.05, 4.69) is 211 Å². The Kier molecular flexibility index (Phi) is 8.73. The summed E-state index contributed by atoms with van der Waals surface area (Å²) in [5, 5.41) is 6.14. The molecule has 0 unspecified atom stereocenters. The zero-order valence-corrected chi connectivity index (χ0v) is 34.4. The van der Waals surface area contributed by atoms with Crippen LogP contribution in [0.15, 0.2) is 169 Å². The number of allylic oxidation sites excluding steroid dienone is 2. The SMILES string of the molecule is C=Cc1cc(-c2cc(-c3cccc(C)c3/C=C\C)cc(-c3c4ccccc4c(-c4ccc5c(c4)C(C)(C)c4c-5oc5ccccc45)c4ccccc34)c2)ccc1/C=C\C. The van der Waals surface area contributed by atoms with Crippen LogP contribution in [0.2, 0.25) is 0 Å². The van der Waals surface area contributed by atoms with Crippen LogP contribution < -0.4 is 0 Å². The molecule has 1 nitrogen and oxygen atoms in total. The van der Waals surface area contributed by atoms with Crippen LogP contribution in [0.1, 0.15) is 61.1 Å². The first kappa shape index (κ1) is 36.4. The molecule has 1 aliphatic rings. The molecule has 59 heavy (non-hydrogen) atoms. The second kappa shape index (κ2) is 14.1. The third kappa shape index (κ3) is 5.76. The van der Waals surface area contributed by atoms with Crippen LogP contribution >= 0.6 is 0 Å². The van der Waals surface area contributed by atoms with E-state index >= 15 is 0 Å². The molecule has 0 spiro atoms. The van der Waals surface area contributed by atoms with Gasteiger partial charge in [0.05, 0.1) is 0 Å². The van der Waals surface area contributed by atoms with Crippen molar-refractivity contribution >= 4 is 50.7 Å². The molecule has 1 aromatic heterocycles. The van der Waals surface area contributed by atoms with Gasteiger partial charge in [0.15, 0.2) is 0 Å². The Bertz CT molecular complexity index is 3180. The minimum absolute atomic E-state index is 0.215. The third-order valence-corrected chi connectivity index (χ3v) is 12.6. The lowest BCUT2D eigenvalue weighted by Gasteiger charge is -2.23. The lowest BCUT2D eigenvalue weighted by molar-refractivity contribution is 0.619. The lowest BCUT2D eigenvalue weighted by Crippen LogP contribution is -2.15. The summed E-state index contributed by atoms with van der Waals surface area (Å²) in [6.07, 6.45) is 10.6. The zero-order chi connectivity index (χ0) is 40.4. The van der Waals surface area contributed by atoms with E-state index in [1.807, 2.05) is 6.08 Å². The average Bonchev–Trinajstić information content (AvgIpc) is 3.76. The minimum atomic E-state index is -0.215. The Hall–Kier alpha value is -6.96. The predicted octanol–water partition coefficient (Wildman–Crippen LogP) is 16.7. The highest BCUT2D eigenvalue weighted by molar-refractivity contribution is 6.22. The van der Waals surface area contributed by atoms with E-state index in [1.54, 1.807) is 0 Å². The number of hydrogen-bond donors (Lipinski definition) is 0. The van der Waals surface area contributed by atoms with Crippen LogP contribution in [0.4, 0.5) is 0 Å². The monoisotopic (exact) mass is 758 g/mol. The summed E-state index contributed by atoms with van der Waals surface area (Å²) in [4.78, 5) is 0. The fourth-order valence-electron chi connectivity index (χ4n) is 9.83. The number of furan rings is 1. The van der Waals surface area contributed by atoms with E-state index in [1.165, 1.54) is 93.7 Å². The highest BCUT2D eigenvalue weighted by Crippen LogP contribution is 2.54. The number of para-hydroxylation sites is 1. The van der Waals surface area contributed by atoms with E-state index in [0.29, 0.717) is 0 Å². The standard InChI is InChI=1S/C58H46O/c1-7-17-38-27-28-39(31-37(38)9-3)41-32-42(45-25-16-19-36(4)44(45)18-8-2)34-43(33-41)55-48-22-12-10-20-46(48)54(47-21-11-13-23-49(47)55)40-29-30-50-52(35-40)58(5,6)56-51-24-14-15-26-53(51)59-57(50)56/h7-35H,3H2,1-2,4-6H3/b17-7-,18-8-. The molecule has 10 rings (SSSR count). The van der Waals surface area contributed by atoms with E-state index in [9.17, 15) is 0 Å². The number of hydrogen-bond acceptors (Lipinski definition) is 1. The van der Waals surface area contributed by atoms with Crippen LogP contribution in [0, 0.1) is 6.92 Å². The molecule has 0 bridgehead atoms. The Morgan fingerprint density at radius 2 is 1.12 bits per heavy atom. The molecule has 1 heterocycles. The molecule has 284 valence electrons. The second-order valence-corrected chi connectivity index (χ2v) is 16.4. The molecule has 9 aromatic rings. The minimum Gasteiger partial charge on any atom is -0.456 e. The Morgan fingerprint density at radius 1 is 0.508 bits per heavy atom. The molecule has 0 saturated heterocycles. The quantitative estimate of drug-likeness (QED) is 0.148. The average molecular weight is 759 g/mol. The van der Waals surface area contributed by atoms with Crippen LogP contribution in [-0.2, 0) is 5.41 Å². The maximum Gasteiger partial charge on any atom is 0.139 e. The van der Waals surface area contributed by atoms with Crippen LogP contribution in [0.25, 0.3) is 107 Å². The maximum atomic E-state index is 6.55. The van der Waals surface area contributed by atoms with Crippen LogP contribution in [-0.4, -0.2) is 0 Å². The van der Waals surface area contributed by atoms with Gasteiger partial charge in [0.2, 0.25) is 0 Å². The molecule has 0 amide bonds. The van der Waals surface area contributed by atoms with Crippen LogP contribution in [0.3, 0.4) is 0 Å². The first-order valence-electron chi connectivity index (χ1n) is 20.7. The zero-order valence-electron chi connectivity index (χ0n) is 34.4. The molecule has 1 aliphatic carbocycles. The van der Waals surface area contributed by atoms with Gasteiger partial charge in [-0.2, -0.15) is 0 Å². The van der Waals surface area contributed by atoms with Gasteiger partial charge >= 0.3 is 0 Å². The van der Waals surface area contributed by atoms with E-state index < -0.39 is 0 Å². The summed E-state index contributed by atoms with van der Waals surface area (Å²) in [6.45, 7) is 15.2. The van der Waals surface area contributed by atoms with Crippen molar-refractivity contribution in [3.05, 3.63) is 198 Å². The van der Waals surface area contributed by atoms with Crippen molar-refractivity contribution in [2.75, 3.05) is 0 Å². The smallest absolute Gasteiger partial charge is 0.139 e. The van der Waals surface area contributed by atoms with E-state index in [-0.39, 0.29) is 5.41 Å². The van der Waals surface area contributed by atoms with Crippen molar-refractivity contribution in [3.8, 4) is 55.8 Å². The van der Waals surface area contributed by atoms with Gasteiger partial charge in [-0.05, 0) is 151 Å².